The van der Waals surface area contributed by atoms with Gasteiger partial charge in [0.1, 0.15) is 24.0 Å². The quantitative estimate of drug-likeness (QED) is 0.159. The van der Waals surface area contributed by atoms with E-state index in [-0.39, 0.29) is 24.4 Å². The lowest BCUT2D eigenvalue weighted by Crippen LogP contribution is -2.38. The zero-order valence-corrected chi connectivity index (χ0v) is 28.5. The number of aromatic nitrogens is 3. The maximum Gasteiger partial charge on any atom is 0.410 e. The van der Waals surface area contributed by atoms with Gasteiger partial charge in [-0.1, -0.05) is 74.5 Å². The molecule has 9 heteroatoms. The van der Waals surface area contributed by atoms with Crippen LogP contribution in [0.2, 0.25) is 0 Å². The summed E-state index contributed by atoms with van der Waals surface area (Å²) in [6.45, 7) is 5.75. The number of ether oxygens (including phenoxy) is 2. The highest BCUT2D eigenvalue weighted by Gasteiger charge is 2.30. The van der Waals surface area contributed by atoms with Crippen LogP contribution in [-0.4, -0.2) is 49.9 Å². The normalized spacial score (nSPS) is 15.9. The summed E-state index contributed by atoms with van der Waals surface area (Å²) in [5.74, 6) is 0.820. The van der Waals surface area contributed by atoms with Gasteiger partial charge in [0.15, 0.2) is 5.82 Å². The van der Waals surface area contributed by atoms with Gasteiger partial charge in [0.05, 0.1) is 17.6 Å². The van der Waals surface area contributed by atoms with E-state index in [9.17, 15) is 14.7 Å². The molecular weight excluding hydrogens is 628 g/mol. The number of likely N-dealkylation sites (tertiary alicyclic amines) is 1. The lowest BCUT2D eigenvalue weighted by atomic mass is 9.86. The third kappa shape index (κ3) is 6.72. The number of amides is 1. The Morgan fingerprint density at radius 2 is 1.70 bits per heavy atom. The van der Waals surface area contributed by atoms with Crippen molar-refractivity contribution >= 4 is 12.1 Å². The number of rotatable bonds is 10. The number of nitrogens with zero attached hydrogens (tertiary/aromatic N) is 4. The summed E-state index contributed by atoms with van der Waals surface area (Å²) >= 11 is 0. The maximum atomic E-state index is 12.7. The number of benzene rings is 3. The largest absolute Gasteiger partial charge is 0.486 e. The molecule has 2 aromatic heterocycles. The number of carbonyl (C=O) groups is 2. The molecule has 50 heavy (non-hydrogen) atoms. The lowest BCUT2D eigenvalue weighted by molar-refractivity contribution is 0.0695. The van der Waals surface area contributed by atoms with E-state index in [1.165, 1.54) is 22.9 Å². The average molecular weight is 671 g/mol. The number of fused-ring (bicyclic) bond motifs is 1. The molecule has 7 rings (SSSR count). The van der Waals surface area contributed by atoms with E-state index in [4.69, 9.17) is 14.5 Å². The van der Waals surface area contributed by atoms with Crippen LogP contribution in [-0.2, 0) is 30.6 Å². The van der Waals surface area contributed by atoms with Crippen LogP contribution in [0.4, 0.5) is 4.79 Å². The molecule has 3 aromatic carbocycles. The molecule has 2 aliphatic rings. The Morgan fingerprint density at radius 3 is 2.46 bits per heavy atom. The van der Waals surface area contributed by atoms with E-state index in [0.29, 0.717) is 36.9 Å². The van der Waals surface area contributed by atoms with E-state index in [0.717, 1.165) is 60.2 Å². The van der Waals surface area contributed by atoms with E-state index in [1.807, 2.05) is 60.4 Å². The fraction of sp³-hybridized carbons (Fsp3) is 0.317. The first-order valence-electron chi connectivity index (χ1n) is 17.6. The predicted molar refractivity (Wildman–Crippen MR) is 191 cm³/mol. The van der Waals surface area contributed by atoms with Gasteiger partial charge in [-0.15, -0.1) is 0 Å². The van der Waals surface area contributed by atoms with Crippen molar-refractivity contribution in [3.05, 3.63) is 130 Å². The molecule has 5 aromatic rings. The number of aromatic carboxylic acids is 1. The van der Waals surface area contributed by atoms with Crippen LogP contribution in [0.5, 0.6) is 5.75 Å². The molecule has 0 spiro atoms. The third-order valence-electron chi connectivity index (χ3n) is 10.0. The zero-order valence-electron chi connectivity index (χ0n) is 28.5. The summed E-state index contributed by atoms with van der Waals surface area (Å²) in [5.41, 5.74) is 8.61. The van der Waals surface area contributed by atoms with Crippen LogP contribution in [0, 0.1) is 0 Å². The van der Waals surface area contributed by atoms with Gasteiger partial charge in [0.25, 0.3) is 0 Å². The second kappa shape index (κ2) is 14.6. The summed E-state index contributed by atoms with van der Waals surface area (Å²) in [6, 6.07) is 28.4. The Balaban J connectivity index is 1.05. The van der Waals surface area contributed by atoms with Gasteiger partial charge < -0.3 is 19.5 Å². The molecule has 1 amide bonds. The van der Waals surface area contributed by atoms with E-state index >= 15 is 0 Å². The Morgan fingerprint density at radius 1 is 0.900 bits per heavy atom. The minimum atomic E-state index is -0.994. The number of carboxylic acid groups (broad SMARTS) is 1. The summed E-state index contributed by atoms with van der Waals surface area (Å²) in [6.07, 6.45) is 6.02. The number of carbonyl (C=O) groups excluding carboxylic acids is 1. The number of hydrogen-bond acceptors (Lipinski definition) is 6. The monoisotopic (exact) mass is 670 g/mol. The molecule has 3 heterocycles. The van der Waals surface area contributed by atoms with Crippen molar-refractivity contribution in [2.45, 2.75) is 71.0 Å². The summed E-state index contributed by atoms with van der Waals surface area (Å²) in [4.78, 5) is 31.3. The smallest absolute Gasteiger partial charge is 0.410 e. The van der Waals surface area contributed by atoms with Crippen molar-refractivity contribution in [1.82, 2.24) is 19.7 Å². The first kappa shape index (κ1) is 33.1. The van der Waals surface area contributed by atoms with Crippen LogP contribution in [0.25, 0.3) is 17.1 Å². The highest BCUT2D eigenvalue weighted by atomic mass is 16.6. The van der Waals surface area contributed by atoms with Crippen LogP contribution in [0.1, 0.15) is 89.0 Å². The maximum absolute atomic E-state index is 12.7. The molecule has 256 valence electrons. The minimum Gasteiger partial charge on any atom is -0.486 e. The van der Waals surface area contributed by atoms with Gasteiger partial charge >= 0.3 is 12.1 Å². The third-order valence-corrected chi connectivity index (χ3v) is 10.0. The van der Waals surface area contributed by atoms with Gasteiger partial charge in [0.2, 0.25) is 0 Å². The Kier molecular flexibility index (Phi) is 9.65. The molecule has 1 aliphatic carbocycles. The number of piperidine rings is 1. The Hall–Kier alpha value is -5.44. The van der Waals surface area contributed by atoms with Crippen LogP contribution < -0.4 is 4.74 Å². The standard InChI is InChI=1S/C41H42N4O5/c1-3-28-24-31(17-18-32(28)29-20-22-44(23-21-29)41(48)49-26-27-10-6-5-7-11-27)50-37-19-16-30-12-8-13-33(39(30)37)35-14-9-15-38(43-35)45-36(4-2)34(25-42-45)40(46)47/h5-15,17-18,24-25,29,37H,3-4,16,19-23,26H2,1-2H3,(H,46,47). The highest BCUT2D eigenvalue weighted by Crippen LogP contribution is 2.42. The highest BCUT2D eigenvalue weighted by molar-refractivity contribution is 5.88. The van der Waals surface area contributed by atoms with Crippen molar-refractivity contribution in [3.63, 3.8) is 0 Å². The van der Waals surface area contributed by atoms with Crippen molar-refractivity contribution in [2.24, 2.45) is 0 Å². The topological polar surface area (TPSA) is 107 Å². The summed E-state index contributed by atoms with van der Waals surface area (Å²) in [7, 11) is 0. The average Bonchev–Trinajstić information content (AvgIpc) is 3.79. The van der Waals surface area contributed by atoms with Crippen LogP contribution >= 0.6 is 0 Å². The summed E-state index contributed by atoms with van der Waals surface area (Å²) < 4.78 is 14.0. The van der Waals surface area contributed by atoms with Gasteiger partial charge in [-0.2, -0.15) is 5.10 Å². The van der Waals surface area contributed by atoms with E-state index in [1.54, 1.807) is 4.68 Å². The first-order chi connectivity index (χ1) is 24.4. The Bertz CT molecular complexity index is 2000. The Labute approximate surface area is 292 Å². The molecule has 0 saturated carbocycles. The van der Waals surface area contributed by atoms with Gasteiger partial charge in [0, 0.05) is 24.2 Å². The molecular formula is C41H42N4O5. The van der Waals surface area contributed by atoms with Gasteiger partial charge in [-0.3, -0.25) is 0 Å². The molecule has 0 radical (unpaired) electrons. The zero-order chi connectivity index (χ0) is 34.6. The molecule has 1 unspecified atom stereocenters. The number of aryl methyl sites for hydroxylation is 2. The van der Waals surface area contributed by atoms with E-state index < -0.39 is 5.97 Å². The SMILES string of the molecule is CCc1cc(OC2CCc3cccc(-c4cccc(-n5ncc(C(=O)O)c5CC)n4)c32)ccc1C1CCN(C(=O)OCc2ccccc2)CC1. The molecule has 0 bridgehead atoms. The van der Waals surface area contributed by atoms with Crippen molar-refractivity contribution in [1.29, 1.82) is 0 Å². The second-order valence-electron chi connectivity index (χ2n) is 13.0. The van der Waals surface area contributed by atoms with Gasteiger partial charge in [-0.25, -0.2) is 19.3 Å². The first-order valence-corrected chi connectivity index (χ1v) is 17.6. The molecule has 9 nitrogen and oxygen atoms in total. The fourth-order valence-corrected chi connectivity index (χ4v) is 7.47. The number of carboxylic acids is 1. The lowest BCUT2D eigenvalue weighted by Gasteiger charge is -2.32. The van der Waals surface area contributed by atoms with Crippen molar-refractivity contribution < 1.29 is 24.2 Å². The molecule has 1 atom stereocenters. The molecule has 1 saturated heterocycles. The minimum absolute atomic E-state index is 0.123. The number of hydrogen-bond donors (Lipinski definition) is 1. The predicted octanol–water partition coefficient (Wildman–Crippen LogP) is 8.34. The van der Waals surface area contributed by atoms with Crippen LogP contribution in [0.15, 0.2) is 91.1 Å². The molecule has 1 aliphatic heterocycles. The number of pyridine rings is 1. The van der Waals surface area contributed by atoms with Crippen LogP contribution in [0.3, 0.4) is 0 Å². The fourth-order valence-electron chi connectivity index (χ4n) is 7.47. The molecule has 1 N–H and O–H groups in total. The summed E-state index contributed by atoms with van der Waals surface area (Å²) in [5, 5.41) is 14.0. The second-order valence-corrected chi connectivity index (χ2v) is 13.0. The van der Waals surface area contributed by atoms with E-state index in [2.05, 4.69) is 48.4 Å². The van der Waals surface area contributed by atoms with Crippen molar-refractivity contribution in [2.75, 3.05) is 13.1 Å². The van der Waals surface area contributed by atoms with Gasteiger partial charge in [-0.05, 0) is 91.0 Å². The molecule has 1 fully saturated rings. The van der Waals surface area contributed by atoms with Crippen molar-refractivity contribution in [3.8, 4) is 22.8 Å².